The summed E-state index contributed by atoms with van der Waals surface area (Å²) in [6, 6.07) is 0.470. The Morgan fingerprint density at radius 2 is 1.91 bits per heavy atom. The number of rotatable bonds is 1. The summed E-state index contributed by atoms with van der Waals surface area (Å²) in [4.78, 5) is 2.18. The third kappa shape index (κ3) is 2.15. The molecule has 0 radical (unpaired) electrons. The molecule has 1 heterocycles. The lowest BCUT2D eigenvalue weighted by Crippen LogP contribution is -2.49. The van der Waals surface area contributed by atoms with Gasteiger partial charge < -0.3 is 10.2 Å². The number of hydrogen-bond acceptors (Lipinski definition) is 3. The van der Waals surface area contributed by atoms with Crippen molar-refractivity contribution in [3.63, 3.8) is 0 Å². The molecule has 1 rings (SSSR count). The zero-order valence-electron chi connectivity index (χ0n) is 7.20. The Balaban J connectivity index is 2.40. The average Bonchev–Trinajstić information content (AvgIpc) is 1.94. The third-order valence-corrected chi connectivity index (χ3v) is 2.31. The van der Waals surface area contributed by atoms with E-state index in [0.717, 1.165) is 6.54 Å². The second kappa shape index (κ2) is 3.52. The molecule has 1 saturated heterocycles. The van der Waals surface area contributed by atoms with Gasteiger partial charge in [-0.2, -0.15) is 0 Å². The van der Waals surface area contributed by atoms with Crippen molar-refractivity contribution in [3.05, 3.63) is 0 Å². The summed E-state index contributed by atoms with van der Waals surface area (Å²) in [6.45, 7) is 5.71. The molecule has 0 aliphatic carbocycles. The molecule has 0 unspecified atom stereocenters. The molecule has 11 heavy (non-hydrogen) atoms. The predicted octanol–water partition coefficient (Wildman–Crippen LogP) is -0.178. The first-order chi connectivity index (χ1) is 5.11. The van der Waals surface area contributed by atoms with Crippen LogP contribution in [0.25, 0.3) is 0 Å². The van der Waals surface area contributed by atoms with Crippen molar-refractivity contribution in [2.75, 3.05) is 13.1 Å². The average molecular weight is 159 g/mol. The van der Waals surface area contributed by atoms with Crippen LogP contribution in [-0.2, 0) is 0 Å². The molecule has 0 amide bonds. The smallest absolute Gasteiger partial charge is 0.0926 e. The van der Waals surface area contributed by atoms with Gasteiger partial charge in [0.15, 0.2) is 0 Å². The van der Waals surface area contributed by atoms with Crippen LogP contribution < -0.4 is 0 Å². The van der Waals surface area contributed by atoms with Crippen molar-refractivity contribution in [2.24, 2.45) is 0 Å². The Morgan fingerprint density at radius 1 is 1.27 bits per heavy atom. The van der Waals surface area contributed by atoms with Crippen LogP contribution in [-0.4, -0.2) is 46.5 Å². The summed E-state index contributed by atoms with van der Waals surface area (Å²) >= 11 is 0. The van der Waals surface area contributed by atoms with Crippen molar-refractivity contribution in [2.45, 2.75) is 38.5 Å². The van der Waals surface area contributed by atoms with Crippen LogP contribution in [0.15, 0.2) is 0 Å². The van der Waals surface area contributed by atoms with E-state index in [-0.39, 0.29) is 0 Å². The second-order valence-electron chi connectivity index (χ2n) is 3.51. The van der Waals surface area contributed by atoms with Crippen LogP contribution >= 0.6 is 0 Å². The van der Waals surface area contributed by atoms with E-state index in [2.05, 4.69) is 18.7 Å². The molecule has 0 saturated carbocycles. The van der Waals surface area contributed by atoms with Crippen molar-refractivity contribution in [3.8, 4) is 0 Å². The van der Waals surface area contributed by atoms with Crippen LogP contribution in [0.5, 0.6) is 0 Å². The molecular weight excluding hydrogens is 142 g/mol. The minimum absolute atomic E-state index is 0.470. The van der Waals surface area contributed by atoms with Crippen LogP contribution in [0.2, 0.25) is 0 Å². The standard InChI is InChI=1S/C8H17NO2/c1-6(2)9-4-3-7(10)8(11)5-9/h6-8,10-11H,3-5H2,1-2H3/t7-,8+/m0/s1. The lowest BCUT2D eigenvalue weighted by molar-refractivity contribution is -0.0456. The van der Waals surface area contributed by atoms with Gasteiger partial charge >= 0.3 is 0 Å². The lowest BCUT2D eigenvalue weighted by Gasteiger charge is -2.35. The molecule has 0 spiro atoms. The zero-order chi connectivity index (χ0) is 8.43. The highest BCUT2D eigenvalue weighted by atomic mass is 16.3. The second-order valence-corrected chi connectivity index (χ2v) is 3.51. The van der Waals surface area contributed by atoms with E-state index in [0.29, 0.717) is 19.0 Å². The van der Waals surface area contributed by atoms with Crippen LogP contribution in [0.1, 0.15) is 20.3 Å². The summed E-state index contributed by atoms with van der Waals surface area (Å²) in [5.41, 5.74) is 0. The highest BCUT2D eigenvalue weighted by Crippen LogP contribution is 2.12. The summed E-state index contributed by atoms with van der Waals surface area (Å²) in [5.74, 6) is 0. The molecule has 0 bridgehead atoms. The number of likely N-dealkylation sites (tertiary alicyclic amines) is 1. The molecule has 3 heteroatoms. The van der Waals surface area contributed by atoms with Gasteiger partial charge in [0.05, 0.1) is 12.2 Å². The van der Waals surface area contributed by atoms with Gasteiger partial charge in [-0.05, 0) is 20.3 Å². The minimum Gasteiger partial charge on any atom is -0.390 e. The van der Waals surface area contributed by atoms with Crippen LogP contribution in [0, 0.1) is 0 Å². The van der Waals surface area contributed by atoms with Crippen LogP contribution in [0.4, 0.5) is 0 Å². The van der Waals surface area contributed by atoms with E-state index in [9.17, 15) is 10.2 Å². The van der Waals surface area contributed by atoms with Gasteiger partial charge in [0, 0.05) is 19.1 Å². The Bertz CT molecular complexity index is 127. The quantitative estimate of drug-likeness (QED) is 0.558. The number of hydrogen-bond donors (Lipinski definition) is 2. The molecule has 3 nitrogen and oxygen atoms in total. The SMILES string of the molecule is CC(C)N1CC[C@H](O)[C@H](O)C1. The van der Waals surface area contributed by atoms with Gasteiger partial charge in [0.2, 0.25) is 0 Å². The molecule has 0 aromatic heterocycles. The van der Waals surface area contributed by atoms with Crippen LogP contribution in [0.3, 0.4) is 0 Å². The van der Waals surface area contributed by atoms with E-state index in [1.807, 2.05) is 0 Å². The fourth-order valence-electron chi connectivity index (χ4n) is 1.41. The lowest BCUT2D eigenvalue weighted by atomic mass is 10.0. The molecule has 66 valence electrons. The van der Waals surface area contributed by atoms with Gasteiger partial charge in [-0.25, -0.2) is 0 Å². The van der Waals surface area contributed by atoms with Gasteiger partial charge in [-0.3, -0.25) is 4.90 Å². The van der Waals surface area contributed by atoms with E-state index < -0.39 is 12.2 Å². The van der Waals surface area contributed by atoms with Crippen molar-refractivity contribution < 1.29 is 10.2 Å². The first-order valence-electron chi connectivity index (χ1n) is 4.21. The van der Waals surface area contributed by atoms with Crippen molar-refractivity contribution in [1.82, 2.24) is 4.90 Å². The van der Waals surface area contributed by atoms with Gasteiger partial charge in [0.1, 0.15) is 0 Å². The third-order valence-electron chi connectivity index (χ3n) is 2.31. The number of β-amino-alcohol motifs (C(OH)–C–C–N with tert-alkyl or cyclic N) is 1. The van der Waals surface area contributed by atoms with Gasteiger partial charge in [0.25, 0.3) is 0 Å². The number of aliphatic hydroxyl groups excluding tert-OH is 2. The Hall–Kier alpha value is -0.120. The van der Waals surface area contributed by atoms with E-state index >= 15 is 0 Å². The van der Waals surface area contributed by atoms with Gasteiger partial charge in [-0.1, -0.05) is 0 Å². The van der Waals surface area contributed by atoms with Gasteiger partial charge in [-0.15, -0.1) is 0 Å². The highest BCUT2D eigenvalue weighted by molar-refractivity contribution is 4.80. The molecule has 0 aromatic rings. The first kappa shape index (κ1) is 8.97. The fourth-order valence-corrected chi connectivity index (χ4v) is 1.41. The molecule has 1 aliphatic rings. The fraction of sp³-hybridized carbons (Fsp3) is 1.00. The largest absolute Gasteiger partial charge is 0.390 e. The molecule has 0 aromatic carbocycles. The summed E-state index contributed by atoms with van der Waals surface area (Å²) < 4.78 is 0. The molecule has 1 fully saturated rings. The maximum absolute atomic E-state index is 9.31. The Morgan fingerprint density at radius 3 is 2.36 bits per heavy atom. The first-order valence-corrected chi connectivity index (χ1v) is 4.21. The maximum atomic E-state index is 9.31. The molecule has 2 atom stereocenters. The highest BCUT2D eigenvalue weighted by Gasteiger charge is 2.26. The minimum atomic E-state index is -0.550. The monoisotopic (exact) mass is 159 g/mol. The van der Waals surface area contributed by atoms with E-state index in [1.54, 1.807) is 0 Å². The Labute approximate surface area is 67.6 Å². The van der Waals surface area contributed by atoms with E-state index in [4.69, 9.17) is 0 Å². The molecule has 1 aliphatic heterocycles. The van der Waals surface area contributed by atoms with Crippen molar-refractivity contribution >= 4 is 0 Å². The maximum Gasteiger partial charge on any atom is 0.0926 e. The Kier molecular flexibility index (Phi) is 2.87. The number of nitrogens with zero attached hydrogens (tertiary/aromatic N) is 1. The molecule has 2 N–H and O–H groups in total. The zero-order valence-corrected chi connectivity index (χ0v) is 7.20. The molecular formula is C8H17NO2. The topological polar surface area (TPSA) is 43.7 Å². The summed E-state index contributed by atoms with van der Waals surface area (Å²) in [7, 11) is 0. The van der Waals surface area contributed by atoms with E-state index in [1.165, 1.54) is 0 Å². The summed E-state index contributed by atoms with van der Waals surface area (Å²) in [5, 5.41) is 18.5. The normalized spacial score (nSPS) is 34.6. The predicted molar refractivity (Wildman–Crippen MR) is 43.3 cm³/mol. The van der Waals surface area contributed by atoms with Crippen molar-refractivity contribution in [1.29, 1.82) is 0 Å². The number of piperidine rings is 1. The summed E-state index contributed by atoms with van der Waals surface area (Å²) in [6.07, 6.45) is -0.365. The number of aliphatic hydroxyl groups is 2.